The Kier molecular flexibility index (Phi) is 9.14. The number of hydrogen-bond acceptors (Lipinski definition) is 4. The van der Waals surface area contributed by atoms with E-state index in [4.69, 9.17) is 4.74 Å². The Morgan fingerprint density at radius 1 is 1.29 bits per heavy atom. The average Bonchev–Trinajstić information content (AvgIpc) is 3.11. The van der Waals surface area contributed by atoms with Crippen LogP contribution >= 0.6 is 24.0 Å². The fraction of sp³-hybridized carbons (Fsp3) is 0.609. The van der Waals surface area contributed by atoms with Gasteiger partial charge in [0.25, 0.3) is 0 Å². The zero-order valence-electron chi connectivity index (χ0n) is 19.6. The first kappa shape index (κ1) is 25.4. The molecule has 7 nitrogen and oxygen atoms in total. The molecule has 0 fully saturated rings. The van der Waals surface area contributed by atoms with Crippen molar-refractivity contribution in [1.29, 1.82) is 0 Å². The molecule has 1 aliphatic rings. The smallest absolute Gasteiger partial charge is 0.191 e. The lowest BCUT2D eigenvalue weighted by Crippen LogP contribution is -2.45. The third-order valence-electron chi connectivity index (χ3n) is 5.43. The van der Waals surface area contributed by atoms with Crippen molar-refractivity contribution in [2.45, 2.75) is 65.5 Å². The number of nitrogens with zero attached hydrogens (tertiary/aromatic N) is 4. The second-order valence-electron chi connectivity index (χ2n) is 9.12. The topological polar surface area (TPSA) is 76.4 Å². The second-order valence-corrected chi connectivity index (χ2v) is 9.12. The highest BCUT2D eigenvalue weighted by molar-refractivity contribution is 14.0. The normalized spacial score (nSPS) is 16.5. The van der Waals surface area contributed by atoms with Crippen molar-refractivity contribution in [1.82, 2.24) is 25.4 Å². The number of benzene rings is 1. The van der Waals surface area contributed by atoms with Gasteiger partial charge in [-0.2, -0.15) is 5.10 Å². The SMILES string of the molecule is CN=C(NCC(C)(C)c1ccc(OCC(C)C)cc1)NC1CCCn2nc(C)nc21.I. The number of hydrogen-bond donors (Lipinski definition) is 2. The van der Waals surface area contributed by atoms with E-state index in [1.165, 1.54) is 5.56 Å². The maximum atomic E-state index is 5.81. The summed E-state index contributed by atoms with van der Waals surface area (Å²) >= 11 is 0. The third-order valence-corrected chi connectivity index (χ3v) is 5.43. The molecule has 0 amide bonds. The van der Waals surface area contributed by atoms with E-state index in [9.17, 15) is 0 Å². The molecule has 0 spiro atoms. The third kappa shape index (κ3) is 6.82. The fourth-order valence-corrected chi connectivity index (χ4v) is 3.64. The van der Waals surface area contributed by atoms with E-state index < -0.39 is 0 Å². The van der Waals surface area contributed by atoms with Crippen LogP contribution in [-0.4, -0.2) is 40.9 Å². The lowest BCUT2D eigenvalue weighted by molar-refractivity contribution is 0.271. The van der Waals surface area contributed by atoms with Gasteiger partial charge in [0.2, 0.25) is 0 Å². The largest absolute Gasteiger partial charge is 0.493 e. The van der Waals surface area contributed by atoms with E-state index in [2.05, 4.69) is 77.7 Å². The molecule has 1 atom stereocenters. The van der Waals surface area contributed by atoms with Crippen molar-refractivity contribution in [3.8, 4) is 5.75 Å². The number of guanidine groups is 1. The zero-order chi connectivity index (χ0) is 21.7. The second kappa shape index (κ2) is 11.2. The van der Waals surface area contributed by atoms with Crippen LogP contribution in [0.3, 0.4) is 0 Å². The Morgan fingerprint density at radius 2 is 2.00 bits per heavy atom. The summed E-state index contributed by atoms with van der Waals surface area (Å²) in [4.78, 5) is 9.04. The lowest BCUT2D eigenvalue weighted by atomic mass is 9.84. The molecule has 1 unspecified atom stereocenters. The van der Waals surface area contributed by atoms with Gasteiger partial charge in [-0.05, 0) is 43.4 Å². The molecule has 0 radical (unpaired) electrons. The lowest BCUT2D eigenvalue weighted by Gasteiger charge is -2.29. The van der Waals surface area contributed by atoms with Crippen molar-refractivity contribution >= 4 is 29.9 Å². The molecular weight excluding hydrogens is 503 g/mol. The number of aryl methyl sites for hydroxylation is 2. The Morgan fingerprint density at radius 3 is 2.65 bits per heavy atom. The standard InChI is InChI=1S/C23H36N6O.HI/c1-16(2)14-30-19-11-9-18(10-12-19)23(4,5)15-25-22(24-6)27-20-8-7-13-29-21(20)26-17(3)28-29;/h9-12,16,20H,7-8,13-15H2,1-6H3,(H2,24,25,27);1H. The molecule has 0 saturated carbocycles. The first-order chi connectivity index (χ1) is 14.3. The highest BCUT2D eigenvalue weighted by Gasteiger charge is 2.26. The van der Waals surface area contributed by atoms with Gasteiger partial charge >= 0.3 is 0 Å². The summed E-state index contributed by atoms with van der Waals surface area (Å²) in [5.41, 5.74) is 1.20. The van der Waals surface area contributed by atoms with Crippen LogP contribution in [0.5, 0.6) is 5.75 Å². The van der Waals surface area contributed by atoms with Crippen LogP contribution in [0, 0.1) is 12.8 Å². The first-order valence-electron chi connectivity index (χ1n) is 10.9. The van der Waals surface area contributed by atoms with Crippen molar-refractivity contribution in [2.24, 2.45) is 10.9 Å². The summed E-state index contributed by atoms with van der Waals surface area (Å²) in [7, 11) is 1.81. The van der Waals surface area contributed by atoms with Gasteiger partial charge in [-0.25, -0.2) is 9.67 Å². The van der Waals surface area contributed by atoms with Gasteiger partial charge in [0.1, 0.15) is 17.4 Å². The Hall–Kier alpha value is -1.84. The molecule has 0 saturated heterocycles. The van der Waals surface area contributed by atoms with E-state index in [1.54, 1.807) is 0 Å². The number of fused-ring (bicyclic) bond motifs is 1. The van der Waals surface area contributed by atoms with E-state index in [0.717, 1.165) is 55.9 Å². The summed E-state index contributed by atoms with van der Waals surface area (Å²) in [6, 6.07) is 8.56. The molecule has 172 valence electrons. The molecule has 31 heavy (non-hydrogen) atoms. The van der Waals surface area contributed by atoms with Crippen LogP contribution in [0.4, 0.5) is 0 Å². The predicted molar refractivity (Wildman–Crippen MR) is 136 cm³/mol. The number of halogens is 1. The van der Waals surface area contributed by atoms with Gasteiger partial charge in [-0.3, -0.25) is 4.99 Å². The van der Waals surface area contributed by atoms with E-state index in [-0.39, 0.29) is 35.4 Å². The van der Waals surface area contributed by atoms with Crippen LogP contribution in [0.15, 0.2) is 29.3 Å². The van der Waals surface area contributed by atoms with Gasteiger partial charge in [0, 0.05) is 25.6 Å². The molecule has 1 aromatic heterocycles. The number of aromatic nitrogens is 3. The minimum Gasteiger partial charge on any atom is -0.493 e. The molecular formula is C23H37IN6O. The van der Waals surface area contributed by atoms with Crippen LogP contribution in [0.1, 0.15) is 63.8 Å². The van der Waals surface area contributed by atoms with Gasteiger partial charge < -0.3 is 15.4 Å². The number of rotatable bonds is 7. The molecule has 1 aliphatic heterocycles. The molecule has 0 bridgehead atoms. The monoisotopic (exact) mass is 540 g/mol. The minimum atomic E-state index is -0.0582. The molecule has 1 aromatic carbocycles. The Balaban J connectivity index is 0.00000341. The molecule has 2 aromatic rings. The highest BCUT2D eigenvalue weighted by atomic mass is 127. The maximum Gasteiger partial charge on any atom is 0.191 e. The van der Waals surface area contributed by atoms with Crippen LogP contribution in [0.2, 0.25) is 0 Å². The van der Waals surface area contributed by atoms with Gasteiger partial charge in [-0.1, -0.05) is 39.8 Å². The van der Waals surface area contributed by atoms with Crippen molar-refractivity contribution in [2.75, 3.05) is 20.2 Å². The van der Waals surface area contributed by atoms with Gasteiger partial charge in [0.15, 0.2) is 5.96 Å². The average molecular weight is 540 g/mol. The van der Waals surface area contributed by atoms with Crippen LogP contribution in [-0.2, 0) is 12.0 Å². The summed E-state index contributed by atoms with van der Waals surface area (Å²) in [6.45, 7) is 13.2. The molecule has 2 N–H and O–H groups in total. The predicted octanol–water partition coefficient (Wildman–Crippen LogP) is 4.22. The molecule has 8 heteroatoms. The first-order valence-corrected chi connectivity index (χ1v) is 10.9. The number of aliphatic imine (C=N–C) groups is 1. The minimum absolute atomic E-state index is 0. The summed E-state index contributed by atoms with van der Waals surface area (Å²) in [5.74, 6) is 4.05. The van der Waals surface area contributed by atoms with Crippen LogP contribution < -0.4 is 15.4 Å². The fourth-order valence-electron chi connectivity index (χ4n) is 3.64. The Labute approximate surface area is 203 Å². The molecule has 3 rings (SSSR count). The molecule has 2 heterocycles. The highest BCUT2D eigenvalue weighted by Crippen LogP contribution is 2.26. The maximum absolute atomic E-state index is 5.81. The number of ether oxygens (including phenoxy) is 1. The van der Waals surface area contributed by atoms with Gasteiger partial charge in [-0.15, -0.1) is 24.0 Å². The quantitative estimate of drug-likeness (QED) is 0.313. The molecule has 0 aliphatic carbocycles. The van der Waals surface area contributed by atoms with Gasteiger partial charge in [0.05, 0.1) is 12.6 Å². The zero-order valence-corrected chi connectivity index (χ0v) is 21.9. The van der Waals surface area contributed by atoms with E-state index in [1.807, 2.05) is 18.7 Å². The van der Waals surface area contributed by atoms with Crippen molar-refractivity contribution in [3.05, 3.63) is 41.5 Å². The summed E-state index contributed by atoms with van der Waals surface area (Å²) in [5, 5.41) is 11.5. The summed E-state index contributed by atoms with van der Waals surface area (Å²) in [6.07, 6.45) is 2.11. The van der Waals surface area contributed by atoms with Crippen molar-refractivity contribution in [3.63, 3.8) is 0 Å². The Bertz CT molecular complexity index is 859. The summed E-state index contributed by atoms with van der Waals surface area (Å²) < 4.78 is 7.82. The van der Waals surface area contributed by atoms with E-state index in [0.29, 0.717) is 5.92 Å². The number of nitrogens with one attached hydrogen (secondary N) is 2. The van der Waals surface area contributed by atoms with Crippen LogP contribution in [0.25, 0.3) is 0 Å². The van der Waals surface area contributed by atoms with Crippen molar-refractivity contribution < 1.29 is 4.74 Å². The van der Waals surface area contributed by atoms with E-state index >= 15 is 0 Å².